The first kappa shape index (κ1) is 12.0. The summed E-state index contributed by atoms with van der Waals surface area (Å²) in [6.07, 6.45) is 0. The normalized spacial score (nSPS) is 9.31. The quantitative estimate of drug-likeness (QED) is 0.573. The predicted octanol–water partition coefficient (Wildman–Crippen LogP) is 0.169. The van der Waals surface area contributed by atoms with E-state index in [-0.39, 0.29) is 29.0 Å². The number of aromatic nitrogens is 2. The third kappa shape index (κ3) is 2.71. The molecule has 0 saturated heterocycles. The summed E-state index contributed by atoms with van der Waals surface area (Å²) in [7, 11) is 1.25. The standard InChI is InChI=1S/C8H8ClN5O2/c1-16-5(15)3-12-8-13-6(9)4(2-10)7(11)14-8/h3H2,1H3,(H3,11,12,13,14). The zero-order chi connectivity index (χ0) is 12.1. The average Bonchev–Trinajstić information content (AvgIpc) is 2.25. The van der Waals surface area contributed by atoms with Gasteiger partial charge in [-0.3, -0.25) is 4.79 Å². The van der Waals surface area contributed by atoms with Gasteiger partial charge in [0, 0.05) is 0 Å². The van der Waals surface area contributed by atoms with Crippen molar-refractivity contribution in [1.29, 1.82) is 5.26 Å². The SMILES string of the molecule is COC(=O)CNc1nc(N)c(C#N)c(Cl)n1. The Bertz CT molecular complexity index is 433. The zero-order valence-electron chi connectivity index (χ0n) is 8.32. The number of nitrogen functional groups attached to an aromatic ring is 1. The lowest BCUT2D eigenvalue weighted by Crippen LogP contribution is -2.17. The molecule has 0 aliphatic carbocycles. The summed E-state index contributed by atoms with van der Waals surface area (Å²) in [6, 6.07) is 1.77. The van der Waals surface area contributed by atoms with Gasteiger partial charge < -0.3 is 15.8 Å². The number of hydrogen-bond donors (Lipinski definition) is 2. The van der Waals surface area contributed by atoms with Crippen LogP contribution in [0.2, 0.25) is 5.15 Å². The molecule has 0 fully saturated rings. The second-order valence-electron chi connectivity index (χ2n) is 2.64. The fourth-order valence-electron chi connectivity index (χ4n) is 0.855. The highest BCUT2D eigenvalue weighted by Gasteiger charge is 2.10. The highest BCUT2D eigenvalue weighted by molar-refractivity contribution is 6.31. The predicted molar refractivity (Wildman–Crippen MR) is 56.7 cm³/mol. The topological polar surface area (TPSA) is 114 Å². The Balaban J connectivity index is 2.85. The van der Waals surface area contributed by atoms with Crippen LogP contribution in [0, 0.1) is 11.3 Å². The van der Waals surface area contributed by atoms with Gasteiger partial charge in [0.05, 0.1) is 7.11 Å². The van der Waals surface area contributed by atoms with Crippen LogP contribution in [-0.2, 0) is 9.53 Å². The van der Waals surface area contributed by atoms with Crippen molar-refractivity contribution < 1.29 is 9.53 Å². The van der Waals surface area contributed by atoms with E-state index in [9.17, 15) is 4.79 Å². The number of nitrogens with one attached hydrogen (secondary N) is 1. The fraction of sp³-hybridized carbons (Fsp3) is 0.250. The summed E-state index contributed by atoms with van der Waals surface area (Å²) in [6.45, 7) is -0.113. The Kier molecular flexibility index (Phi) is 3.85. The van der Waals surface area contributed by atoms with E-state index >= 15 is 0 Å². The van der Waals surface area contributed by atoms with Crippen molar-refractivity contribution in [1.82, 2.24) is 9.97 Å². The van der Waals surface area contributed by atoms with E-state index in [2.05, 4.69) is 20.0 Å². The van der Waals surface area contributed by atoms with Crippen LogP contribution in [0.1, 0.15) is 5.56 Å². The maximum atomic E-state index is 10.8. The van der Waals surface area contributed by atoms with Gasteiger partial charge in [0.2, 0.25) is 5.95 Å². The molecule has 84 valence electrons. The van der Waals surface area contributed by atoms with Gasteiger partial charge in [0.15, 0.2) is 5.15 Å². The van der Waals surface area contributed by atoms with Crippen LogP contribution in [0.25, 0.3) is 0 Å². The number of halogens is 1. The van der Waals surface area contributed by atoms with Crippen LogP contribution in [-0.4, -0.2) is 29.6 Å². The third-order valence-corrected chi connectivity index (χ3v) is 1.90. The van der Waals surface area contributed by atoms with Gasteiger partial charge in [-0.1, -0.05) is 11.6 Å². The molecule has 0 unspecified atom stereocenters. The van der Waals surface area contributed by atoms with Gasteiger partial charge in [0.25, 0.3) is 0 Å². The number of rotatable bonds is 3. The van der Waals surface area contributed by atoms with E-state index in [1.807, 2.05) is 0 Å². The molecule has 1 aromatic heterocycles. The number of esters is 1. The lowest BCUT2D eigenvalue weighted by atomic mass is 10.3. The van der Waals surface area contributed by atoms with Crippen LogP contribution in [0.4, 0.5) is 11.8 Å². The Morgan fingerprint density at radius 1 is 1.69 bits per heavy atom. The number of nitriles is 1. The minimum Gasteiger partial charge on any atom is -0.468 e. The van der Waals surface area contributed by atoms with E-state index in [0.29, 0.717) is 0 Å². The molecule has 0 saturated carbocycles. The molecule has 0 spiro atoms. The van der Waals surface area contributed by atoms with E-state index in [1.165, 1.54) is 7.11 Å². The largest absolute Gasteiger partial charge is 0.468 e. The van der Waals surface area contributed by atoms with Gasteiger partial charge in [-0.2, -0.15) is 15.2 Å². The minimum absolute atomic E-state index is 0.00489. The van der Waals surface area contributed by atoms with Crippen molar-refractivity contribution in [3.63, 3.8) is 0 Å². The second kappa shape index (κ2) is 5.14. The minimum atomic E-state index is -0.484. The van der Waals surface area contributed by atoms with Crippen molar-refractivity contribution in [2.45, 2.75) is 0 Å². The monoisotopic (exact) mass is 241 g/mol. The number of nitrogens with two attached hydrogens (primary N) is 1. The molecule has 0 radical (unpaired) electrons. The maximum Gasteiger partial charge on any atom is 0.325 e. The van der Waals surface area contributed by atoms with Crippen LogP contribution < -0.4 is 11.1 Å². The highest BCUT2D eigenvalue weighted by Crippen LogP contribution is 2.18. The first-order chi connectivity index (χ1) is 7.58. The van der Waals surface area contributed by atoms with Crippen molar-refractivity contribution in [2.75, 3.05) is 24.7 Å². The molecule has 1 aromatic rings. The molecule has 3 N–H and O–H groups in total. The molecule has 8 heteroatoms. The van der Waals surface area contributed by atoms with Gasteiger partial charge in [-0.25, -0.2) is 0 Å². The third-order valence-electron chi connectivity index (χ3n) is 1.62. The molecule has 1 rings (SSSR count). The Morgan fingerprint density at radius 3 is 2.88 bits per heavy atom. The maximum absolute atomic E-state index is 10.8. The smallest absolute Gasteiger partial charge is 0.325 e. The van der Waals surface area contributed by atoms with Crippen molar-refractivity contribution >= 4 is 29.3 Å². The fourth-order valence-corrected chi connectivity index (χ4v) is 1.07. The molecule has 0 bridgehead atoms. The molecule has 0 atom stereocenters. The Morgan fingerprint density at radius 2 is 2.38 bits per heavy atom. The first-order valence-electron chi connectivity index (χ1n) is 4.12. The van der Waals surface area contributed by atoms with E-state index in [4.69, 9.17) is 22.6 Å². The van der Waals surface area contributed by atoms with E-state index in [0.717, 1.165) is 0 Å². The average molecular weight is 242 g/mol. The lowest BCUT2D eigenvalue weighted by Gasteiger charge is -2.05. The Labute approximate surface area is 96.2 Å². The lowest BCUT2D eigenvalue weighted by molar-refractivity contribution is -0.138. The summed E-state index contributed by atoms with van der Waals surface area (Å²) in [4.78, 5) is 18.3. The van der Waals surface area contributed by atoms with Crippen molar-refractivity contribution in [3.8, 4) is 6.07 Å². The van der Waals surface area contributed by atoms with Gasteiger partial charge in [-0.15, -0.1) is 0 Å². The van der Waals surface area contributed by atoms with Gasteiger partial charge in [0.1, 0.15) is 24.0 Å². The molecule has 0 aromatic carbocycles. The molecular weight excluding hydrogens is 234 g/mol. The van der Waals surface area contributed by atoms with Gasteiger partial charge >= 0.3 is 5.97 Å². The molecule has 1 heterocycles. The highest BCUT2D eigenvalue weighted by atomic mass is 35.5. The summed E-state index contributed by atoms with van der Waals surface area (Å²) >= 11 is 5.67. The van der Waals surface area contributed by atoms with Crippen molar-refractivity contribution in [3.05, 3.63) is 10.7 Å². The molecule has 7 nitrogen and oxygen atoms in total. The summed E-state index contributed by atoms with van der Waals surface area (Å²) in [5, 5.41) is 11.1. The summed E-state index contributed by atoms with van der Waals surface area (Å²) in [5.74, 6) is -0.468. The number of methoxy groups -OCH3 is 1. The zero-order valence-corrected chi connectivity index (χ0v) is 9.08. The van der Waals surface area contributed by atoms with Crippen LogP contribution in [0.15, 0.2) is 0 Å². The number of ether oxygens (including phenoxy) is 1. The molecular formula is C8H8ClN5O2. The molecule has 0 amide bonds. The number of carbonyl (C=O) groups excluding carboxylic acids is 1. The number of carbonyl (C=O) groups is 1. The van der Waals surface area contributed by atoms with E-state index < -0.39 is 5.97 Å². The van der Waals surface area contributed by atoms with Crippen LogP contribution >= 0.6 is 11.6 Å². The summed E-state index contributed by atoms with van der Waals surface area (Å²) in [5.41, 5.74) is 5.46. The van der Waals surface area contributed by atoms with Crippen LogP contribution in [0.5, 0.6) is 0 Å². The van der Waals surface area contributed by atoms with Gasteiger partial charge in [-0.05, 0) is 0 Å². The van der Waals surface area contributed by atoms with Crippen LogP contribution in [0.3, 0.4) is 0 Å². The number of nitrogens with zero attached hydrogens (tertiary/aromatic N) is 3. The number of hydrogen-bond acceptors (Lipinski definition) is 7. The van der Waals surface area contributed by atoms with Crippen molar-refractivity contribution in [2.24, 2.45) is 0 Å². The number of anilines is 2. The molecule has 16 heavy (non-hydrogen) atoms. The second-order valence-corrected chi connectivity index (χ2v) is 3.00. The van der Waals surface area contributed by atoms with E-state index in [1.54, 1.807) is 6.07 Å². The summed E-state index contributed by atoms with van der Waals surface area (Å²) < 4.78 is 4.40. The first-order valence-corrected chi connectivity index (χ1v) is 4.50. The Hall–Kier alpha value is -2.07. The molecule has 0 aliphatic rings. The molecule has 0 aliphatic heterocycles.